The Morgan fingerprint density at radius 3 is 3.15 bits per heavy atom. The van der Waals surface area contributed by atoms with Crippen molar-refractivity contribution in [3.8, 4) is 0 Å². The Morgan fingerprint density at radius 2 is 2.35 bits per heavy atom. The standard InChI is InChI=1S/C14H17FN4S/c1-3-5-17-18-6-4-10(2)19-12-8-13-14(7-11(12)15)20-9-16-13/h4,6-9,17,19H,3,5H2,1-2H3/b10-4+,18-6-. The highest BCUT2D eigenvalue weighted by Crippen LogP contribution is 2.25. The number of hydrogen-bond donors (Lipinski definition) is 2. The minimum atomic E-state index is -0.282. The van der Waals surface area contributed by atoms with E-state index in [-0.39, 0.29) is 5.82 Å². The number of rotatable bonds is 6. The lowest BCUT2D eigenvalue weighted by atomic mass is 10.2. The lowest BCUT2D eigenvalue weighted by Crippen LogP contribution is -2.05. The highest BCUT2D eigenvalue weighted by Gasteiger charge is 2.06. The highest BCUT2D eigenvalue weighted by atomic mass is 32.1. The number of nitrogens with one attached hydrogen (secondary N) is 2. The molecule has 1 heterocycles. The molecule has 0 saturated carbocycles. The number of allylic oxidation sites excluding steroid dienone is 2. The van der Waals surface area contributed by atoms with E-state index < -0.39 is 0 Å². The van der Waals surface area contributed by atoms with Crippen molar-refractivity contribution in [2.75, 3.05) is 11.9 Å². The number of nitrogens with zero attached hydrogens (tertiary/aromatic N) is 2. The second-order valence-electron chi connectivity index (χ2n) is 4.31. The van der Waals surface area contributed by atoms with E-state index in [0.717, 1.165) is 28.9 Å². The van der Waals surface area contributed by atoms with Gasteiger partial charge in [-0.2, -0.15) is 5.10 Å². The Balaban J connectivity index is 2.05. The van der Waals surface area contributed by atoms with E-state index in [0.29, 0.717) is 5.69 Å². The van der Waals surface area contributed by atoms with Crippen molar-refractivity contribution in [3.05, 3.63) is 35.2 Å². The van der Waals surface area contributed by atoms with Crippen LogP contribution < -0.4 is 10.7 Å². The van der Waals surface area contributed by atoms with Gasteiger partial charge in [0.15, 0.2) is 0 Å². The molecule has 2 N–H and O–H groups in total. The topological polar surface area (TPSA) is 49.3 Å². The smallest absolute Gasteiger partial charge is 0.148 e. The Morgan fingerprint density at radius 1 is 1.50 bits per heavy atom. The lowest BCUT2D eigenvalue weighted by Gasteiger charge is -2.07. The third-order valence-electron chi connectivity index (χ3n) is 2.60. The van der Waals surface area contributed by atoms with Gasteiger partial charge in [-0.25, -0.2) is 9.37 Å². The van der Waals surface area contributed by atoms with Crippen LogP contribution in [0.5, 0.6) is 0 Å². The summed E-state index contributed by atoms with van der Waals surface area (Å²) in [7, 11) is 0. The average Bonchev–Trinajstić information content (AvgIpc) is 2.86. The van der Waals surface area contributed by atoms with Crippen molar-refractivity contribution in [2.45, 2.75) is 20.3 Å². The molecule has 1 aromatic heterocycles. The predicted molar refractivity (Wildman–Crippen MR) is 83.7 cm³/mol. The quantitative estimate of drug-likeness (QED) is 0.484. The van der Waals surface area contributed by atoms with Gasteiger partial charge in [-0.15, -0.1) is 11.3 Å². The Bertz CT molecular complexity index is 633. The number of benzene rings is 1. The summed E-state index contributed by atoms with van der Waals surface area (Å²) in [6.45, 7) is 4.77. The molecule has 0 radical (unpaired) electrons. The minimum absolute atomic E-state index is 0.282. The minimum Gasteiger partial charge on any atom is -0.357 e. The zero-order chi connectivity index (χ0) is 14.4. The van der Waals surface area contributed by atoms with E-state index in [4.69, 9.17) is 0 Å². The van der Waals surface area contributed by atoms with Gasteiger partial charge in [0.1, 0.15) is 5.82 Å². The van der Waals surface area contributed by atoms with Crippen molar-refractivity contribution in [3.63, 3.8) is 0 Å². The summed E-state index contributed by atoms with van der Waals surface area (Å²) in [5.74, 6) is -0.282. The van der Waals surface area contributed by atoms with Crippen LogP contribution in [0, 0.1) is 5.82 Å². The Hall–Kier alpha value is -1.95. The van der Waals surface area contributed by atoms with Gasteiger partial charge in [-0.3, -0.25) is 0 Å². The maximum Gasteiger partial charge on any atom is 0.148 e. The predicted octanol–water partition coefficient (Wildman–Crippen LogP) is 3.74. The monoisotopic (exact) mass is 292 g/mol. The van der Waals surface area contributed by atoms with Gasteiger partial charge in [-0.05, 0) is 31.6 Å². The van der Waals surface area contributed by atoms with Gasteiger partial charge in [0.05, 0.1) is 21.4 Å². The van der Waals surface area contributed by atoms with Crippen molar-refractivity contribution in [1.29, 1.82) is 0 Å². The maximum atomic E-state index is 13.9. The molecule has 4 nitrogen and oxygen atoms in total. The number of hydrazone groups is 1. The van der Waals surface area contributed by atoms with Gasteiger partial charge in [0.25, 0.3) is 0 Å². The van der Waals surface area contributed by atoms with Gasteiger partial charge in [0, 0.05) is 18.5 Å². The molecule has 6 heteroatoms. The summed E-state index contributed by atoms with van der Waals surface area (Å²) < 4.78 is 14.7. The largest absolute Gasteiger partial charge is 0.357 e. The van der Waals surface area contributed by atoms with E-state index >= 15 is 0 Å². The van der Waals surface area contributed by atoms with E-state index in [1.54, 1.807) is 23.9 Å². The van der Waals surface area contributed by atoms with Crippen LogP contribution in [0.15, 0.2) is 34.5 Å². The molecule has 0 aliphatic heterocycles. The Kier molecular flexibility index (Phi) is 5.06. The van der Waals surface area contributed by atoms with Crippen molar-refractivity contribution in [2.24, 2.45) is 5.10 Å². The fourth-order valence-electron chi connectivity index (χ4n) is 1.61. The van der Waals surface area contributed by atoms with Crippen LogP contribution >= 0.6 is 11.3 Å². The summed E-state index contributed by atoms with van der Waals surface area (Å²) in [4.78, 5) is 4.18. The number of halogens is 1. The molecule has 0 fully saturated rings. The third kappa shape index (κ3) is 3.77. The first kappa shape index (κ1) is 14.5. The molecule has 2 aromatic rings. The molecule has 0 aliphatic rings. The van der Waals surface area contributed by atoms with Crippen LogP contribution in [0.3, 0.4) is 0 Å². The summed E-state index contributed by atoms with van der Waals surface area (Å²) in [5.41, 5.74) is 6.64. The summed E-state index contributed by atoms with van der Waals surface area (Å²) >= 11 is 1.43. The second-order valence-corrected chi connectivity index (χ2v) is 5.20. The van der Waals surface area contributed by atoms with E-state index in [9.17, 15) is 4.39 Å². The van der Waals surface area contributed by atoms with Crippen molar-refractivity contribution in [1.82, 2.24) is 10.4 Å². The molecule has 2 rings (SSSR count). The number of hydrogen-bond acceptors (Lipinski definition) is 5. The van der Waals surface area contributed by atoms with Gasteiger partial charge >= 0.3 is 0 Å². The summed E-state index contributed by atoms with van der Waals surface area (Å²) in [6.07, 6.45) is 4.46. The molecular formula is C14H17FN4S. The molecule has 106 valence electrons. The van der Waals surface area contributed by atoms with E-state index in [1.165, 1.54) is 17.4 Å². The van der Waals surface area contributed by atoms with E-state index in [1.807, 2.05) is 6.92 Å². The molecule has 0 bridgehead atoms. The van der Waals surface area contributed by atoms with Crippen molar-refractivity contribution < 1.29 is 4.39 Å². The van der Waals surface area contributed by atoms with Crippen LogP contribution in [-0.2, 0) is 0 Å². The fourth-order valence-corrected chi connectivity index (χ4v) is 2.29. The normalized spacial score (nSPS) is 12.2. The van der Waals surface area contributed by atoms with Gasteiger partial charge in [-0.1, -0.05) is 6.92 Å². The first-order chi connectivity index (χ1) is 9.70. The SMILES string of the molecule is CCCN/N=C\C=C(/C)Nc1cc2ncsc2cc1F. The first-order valence-electron chi connectivity index (χ1n) is 6.43. The summed E-state index contributed by atoms with van der Waals surface area (Å²) in [6, 6.07) is 3.21. The lowest BCUT2D eigenvalue weighted by molar-refractivity contribution is 0.633. The first-order valence-corrected chi connectivity index (χ1v) is 7.31. The van der Waals surface area contributed by atoms with Crippen LogP contribution in [0.25, 0.3) is 10.2 Å². The van der Waals surface area contributed by atoms with Gasteiger partial charge in [0.2, 0.25) is 0 Å². The third-order valence-corrected chi connectivity index (χ3v) is 3.40. The molecule has 0 spiro atoms. The number of fused-ring (bicyclic) bond motifs is 1. The number of anilines is 1. The van der Waals surface area contributed by atoms with Crippen LogP contribution in [0.4, 0.5) is 10.1 Å². The molecule has 0 saturated heterocycles. The van der Waals surface area contributed by atoms with Gasteiger partial charge < -0.3 is 10.7 Å². The zero-order valence-corrected chi connectivity index (χ0v) is 12.3. The highest BCUT2D eigenvalue weighted by molar-refractivity contribution is 7.16. The molecule has 20 heavy (non-hydrogen) atoms. The Labute approximate surface area is 121 Å². The molecule has 0 amide bonds. The average molecular weight is 292 g/mol. The number of aromatic nitrogens is 1. The molecule has 0 atom stereocenters. The molecular weight excluding hydrogens is 275 g/mol. The van der Waals surface area contributed by atoms with Crippen LogP contribution in [-0.4, -0.2) is 17.7 Å². The van der Waals surface area contributed by atoms with Crippen LogP contribution in [0.1, 0.15) is 20.3 Å². The summed E-state index contributed by atoms with van der Waals surface area (Å²) in [5, 5.41) is 7.03. The molecule has 0 unspecified atom stereocenters. The maximum absolute atomic E-state index is 13.9. The molecule has 1 aromatic carbocycles. The number of thiazole rings is 1. The zero-order valence-electron chi connectivity index (χ0n) is 11.5. The second kappa shape index (κ2) is 7.00. The van der Waals surface area contributed by atoms with Crippen molar-refractivity contribution >= 4 is 33.5 Å². The van der Waals surface area contributed by atoms with Crippen LogP contribution in [0.2, 0.25) is 0 Å². The van der Waals surface area contributed by atoms with E-state index in [2.05, 4.69) is 27.8 Å². The fraction of sp³-hybridized carbons (Fsp3) is 0.286. The molecule has 0 aliphatic carbocycles.